The van der Waals surface area contributed by atoms with Crippen LogP contribution >= 0.6 is 0 Å². The van der Waals surface area contributed by atoms with Crippen LogP contribution in [0.3, 0.4) is 0 Å². The average Bonchev–Trinajstić information content (AvgIpc) is 3.33. The molecule has 4 rings (SSSR count). The molecule has 0 atom stereocenters. The number of hydrogen-bond acceptors (Lipinski definition) is 3. The van der Waals surface area contributed by atoms with Crippen LogP contribution in [0.5, 0.6) is 0 Å². The Bertz CT molecular complexity index is 1240. The monoisotopic (exact) mass is 494 g/mol. The van der Waals surface area contributed by atoms with E-state index in [4.69, 9.17) is 4.42 Å². The van der Waals surface area contributed by atoms with Crippen LogP contribution in [0.2, 0.25) is 0 Å². The lowest BCUT2D eigenvalue weighted by atomic mass is 9.89. The van der Waals surface area contributed by atoms with Gasteiger partial charge < -0.3 is 14.2 Å². The molecule has 3 aromatic carbocycles. The number of amides is 2. The summed E-state index contributed by atoms with van der Waals surface area (Å²) in [6.45, 7) is 6.55. The third-order valence-electron chi connectivity index (χ3n) is 6.44. The minimum Gasteiger partial charge on any atom is -0.464 e. The maximum Gasteiger partial charge on any atom is 0.242 e. The van der Waals surface area contributed by atoms with Gasteiger partial charge in [0.25, 0.3) is 0 Å². The Morgan fingerprint density at radius 1 is 0.730 bits per heavy atom. The summed E-state index contributed by atoms with van der Waals surface area (Å²) >= 11 is 0. The lowest BCUT2D eigenvalue weighted by Gasteiger charge is -2.33. The SMILES string of the molecule is Cc1ccc(CN(Cc2ccccc2)C(=O)CN(C(=O)C(c2ccccc2)c2ccccc2)C(C)C)o1. The van der Waals surface area contributed by atoms with Gasteiger partial charge in [-0.2, -0.15) is 0 Å². The lowest BCUT2D eigenvalue weighted by molar-refractivity contribution is -0.143. The molecule has 0 N–H and O–H groups in total. The summed E-state index contributed by atoms with van der Waals surface area (Å²) in [6.07, 6.45) is 0. The Balaban J connectivity index is 1.61. The van der Waals surface area contributed by atoms with Crippen LogP contribution in [0.1, 0.15) is 48.0 Å². The molecule has 0 saturated heterocycles. The summed E-state index contributed by atoms with van der Waals surface area (Å²) in [4.78, 5) is 31.3. The van der Waals surface area contributed by atoms with E-state index in [1.54, 1.807) is 9.80 Å². The number of benzene rings is 3. The molecule has 0 spiro atoms. The first-order chi connectivity index (χ1) is 17.9. The third-order valence-corrected chi connectivity index (χ3v) is 6.44. The minimum absolute atomic E-state index is 0.0147. The first-order valence-corrected chi connectivity index (χ1v) is 12.7. The van der Waals surface area contributed by atoms with E-state index < -0.39 is 5.92 Å². The normalized spacial score (nSPS) is 11.1. The predicted molar refractivity (Wildman–Crippen MR) is 146 cm³/mol. The molecule has 2 amide bonds. The fourth-order valence-corrected chi connectivity index (χ4v) is 4.49. The fourth-order valence-electron chi connectivity index (χ4n) is 4.49. The van der Waals surface area contributed by atoms with Crippen molar-refractivity contribution < 1.29 is 14.0 Å². The zero-order valence-corrected chi connectivity index (χ0v) is 21.7. The Morgan fingerprint density at radius 3 is 1.76 bits per heavy atom. The Labute approximate surface area is 219 Å². The van der Waals surface area contributed by atoms with Gasteiger partial charge in [-0.15, -0.1) is 0 Å². The van der Waals surface area contributed by atoms with Crippen molar-refractivity contribution in [3.05, 3.63) is 131 Å². The molecular formula is C32H34N2O3. The number of aryl methyl sites for hydroxylation is 1. The molecule has 5 nitrogen and oxygen atoms in total. The van der Waals surface area contributed by atoms with E-state index in [0.717, 1.165) is 28.2 Å². The molecule has 0 aliphatic heterocycles. The van der Waals surface area contributed by atoms with Crippen molar-refractivity contribution in [1.82, 2.24) is 9.80 Å². The largest absolute Gasteiger partial charge is 0.464 e. The van der Waals surface area contributed by atoms with E-state index in [2.05, 4.69) is 0 Å². The zero-order chi connectivity index (χ0) is 26.2. The van der Waals surface area contributed by atoms with Crippen molar-refractivity contribution in [2.24, 2.45) is 0 Å². The number of carbonyl (C=O) groups excluding carboxylic acids is 2. The quantitative estimate of drug-likeness (QED) is 0.264. The van der Waals surface area contributed by atoms with E-state index in [0.29, 0.717) is 13.1 Å². The van der Waals surface area contributed by atoms with E-state index in [1.807, 2.05) is 124 Å². The molecule has 1 aromatic heterocycles. The minimum atomic E-state index is -0.493. The first-order valence-electron chi connectivity index (χ1n) is 12.7. The van der Waals surface area contributed by atoms with Crippen molar-refractivity contribution in [3.63, 3.8) is 0 Å². The Kier molecular flexibility index (Phi) is 8.57. The van der Waals surface area contributed by atoms with Crippen LogP contribution in [-0.4, -0.2) is 34.2 Å². The average molecular weight is 495 g/mol. The molecule has 0 unspecified atom stereocenters. The lowest BCUT2D eigenvalue weighted by Crippen LogP contribution is -2.47. The predicted octanol–water partition coefficient (Wildman–Crippen LogP) is 6.19. The smallest absolute Gasteiger partial charge is 0.242 e. The van der Waals surface area contributed by atoms with E-state index >= 15 is 0 Å². The van der Waals surface area contributed by atoms with E-state index in [1.165, 1.54) is 0 Å². The van der Waals surface area contributed by atoms with Crippen LogP contribution in [0.25, 0.3) is 0 Å². The zero-order valence-electron chi connectivity index (χ0n) is 21.7. The highest BCUT2D eigenvalue weighted by molar-refractivity contribution is 5.91. The van der Waals surface area contributed by atoms with Gasteiger partial charge in [0.15, 0.2) is 0 Å². The summed E-state index contributed by atoms with van der Waals surface area (Å²) in [5.41, 5.74) is 2.83. The van der Waals surface area contributed by atoms with Crippen LogP contribution in [-0.2, 0) is 22.7 Å². The fraction of sp³-hybridized carbons (Fsp3) is 0.250. The highest BCUT2D eigenvalue weighted by Crippen LogP contribution is 2.28. The summed E-state index contributed by atoms with van der Waals surface area (Å²) in [6, 6.07) is 33.0. The van der Waals surface area contributed by atoms with Gasteiger partial charge in [0, 0.05) is 12.6 Å². The molecule has 190 valence electrons. The summed E-state index contributed by atoms with van der Waals surface area (Å²) in [7, 11) is 0. The molecule has 4 aromatic rings. The Morgan fingerprint density at radius 2 is 1.27 bits per heavy atom. The van der Waals surface area contributed by atoms with Crippen LogP contribution in [0.15, 0.2) is 108 Å². The molecule has 37 heavy (non-hydrogen) atoms. The van der Waals surface area contributed by atoms with E-state index in [-0.39, 0.29) is 24.4 Å². The summed E-state index contributed by atoms with van der Waals surface area (Å²) in [5, 5.41) is 0. The van der Waals surface area contributed by atoms with Crippen molar-refractivity contribution >= 4 is 11.8 Å². The number of furan rings is 1. The van der Waals surface area contributed by atoms with Gasteiger partial charge >= 0.3 is 0 Å². The number of rotatable bonds is 10. The van der Waals surface area contributed by atoms with Crippen LogP contribution in [0, 0.1) is 6.92 Å². The molecule has 0 radical (unpaired) electrons. The van der Waals surface area contributed by atoms with Crippen molar-refractivity contribution in [1.29, 1.82) is 0 Å². The topological polar surface area (TPSA) is 53.8 Å². The van der Waals surface area contributed by atoms with Gasteiger partial charge in [-0.25, -0.2) is 0 Å². The van der Waals surface area contributed by atoms with Gasteiger partial charge in [-0.1, -0.05) is 91.0 Å². The highest BCUT2D eigenvalue weighted by atomic mass is 16.3. The second-order valence-electron chi connectivity index (χ2n) is 9.56. The van der Waals surface area contributed by atoms with Gasteiger partial charge in [0.2, 0.25) is 11.8 Å². The molecule has 0 saturated carbocycles. The van der Waals surface area contributed by atoms with Crippen LogP contribution < -0.4 is 0 Å². The van der Waals surface area contributed by atoms with Crippen molar-refractivity contribution in [2.75, 3.05) is 6.54 Å². The van der Waals surface area contributed by atoms with E-state index in [9.17, 15) is 9.59 Å². The molecule has 0 aliphatic carbocycles. The second-order valence-corrected chi connectivity index (χ2v) is 9.56. The summed E-state index contributed by atoms with van der Waals surface area (Å²) in [5.74, 6) is 0.812. The molecule has 0 aliphatic rings. The van der Waals surface area contributed by atoms with Crippen molar-refractivity contribution in [3.8, 4) is 0 Å². The molecule has 5 heteroatoms. The third kappa shape index (κ3) is 6.76. The Hall–Kier alpha value is -4.12. The number of carbonyl (C=O) groups is 2. The van der Waals surface area contributed by atoms with Gasteiger partial charge in [-0.3, -0.25) is 9.59 Å². The second kappa shape index (κ2) is 12.2. The van der Waals surface area contributed by atoms with Gasteiger partial charge in [0.05, 0.1) is 12.5 Å². The maximum absolute atomic E-state index is 14.1. The molecule has 0 bridgehead atoms. The van der Waals surface area contributed by atoms with Crippen molar-refractivity contribution in [2.45, 2.75) is 45.8 Å². The summed E-state index contributed by atoms with van der Waals surface area (Å²) < 4.78 is 5.78. The maximum atomic E-state index is 14.1. The van der Waals surface area contributed by atoms with Gasteiger partial charge in [0.1, 0.15) is 18.1 Å². The molecule has 1 heterocycles. The van der Waals surface area contributed by atoms with Gasteiger partial charge in [-0.05, 0) is 49.6 Å². The first kappa shape index (κ1) is 26.0. The highest BCUT2D eigenvalue weighted by Gasteiger charge is 2.31. The standard InChI is InChI=1S/C32H34N2O3/c1-24(2)34(32(36)31(27-15-9-5-10-16-27)28-17-11-6-12-18-28)23-30(35)33(21-26-13-7-4-8-14-26)22-29-20-19-25(3)37-29/h4-20,24,31H,21-23H2,1-3H3. The molecule has 0 fully saturated rings. The molecular weight excluding hydrogens is 460 g/mol. The number of hydrogen-bond donors (Lipinski definition) is 0. The van der Waals surface area contributed by atoms with Crippen LogP contribution in [0.4, 0.5) is 0 Å². The number of nitrogens with zero attached hydrogens (tertiary/aromatic N) is 2.